The predicted octanol–water partition coefficient (Wildman–Crippen LogP) is 3.08. The summed E-state index contributed by atoms with van der Waals surface area (Å²) in [5.41, 5.74) is 1.54. The lowest BCUT2D eigenvalue weighted by Gasteiger charge is -2.09. The van der Waals surface area contributed by atoms with Gasteiger partial charge in [0.15, 0.2) is 5.16 Å². The number of hydrogen-bond donors (Lipinski definition) is 1. The molecule has 0 radical (unpaired) electrons. The highest BCUT2D eigenvalue weighted by molar-refractivity contribution is 8.00. The molecule has 0 saturated carbocycles. The van der Waals surface area contributed by atoms with E-state index in [1.807, 2.05) is 13.8 Å². The zero-order valence-electron chi connectivity index (χ0n) is 12.3. The van der Waals surface area contributed by atoms with Crippen LogP contribution < -0.4 is 5.32 Å². The Morgan fingerprint density at radius 2 is 1.87 bits per heavy atom. The van der Waals surface area contributed by atoms with E-state index >= 15 is 0 Å². The van der Waals surface area contributed by atoms with Crippen molar-refractivity contribution >= 4 is 34.1 Å². The van der Waals surface area contributed by atoms with Crippen LogP contribution >= 0.6 is 23.1 Å². The Morgan fingerprint density at radius 3 is 2.39 bits per heavy atom. The second kappa shape index (κ2) is 6.79. The Balaban J connectivity index is 2.01. The van der Waals surface area contributed by atoms with Gasteiger partial charge in [0.25, 0.3) is 0 Å². The molecule has 2 aromatic heterocycles. The van der Waals surface area contributed by atoms with Crippen molar-refractivity contribution in [1.29, 1.82) is 0 Å². The van der Waals surface area contributed by atoms with E-state index in [1.54, 1.807) is 13.0 Å². The zero-order chi connectivity index (χ0) is 17.2. The fourth-order valence-corrected chi connectivity index (χ4v) is 3.04. The summed E-state index contributed by atoms with van der Waals surface area (Å²) < 4.78 is 37.3. The summed E-state index contributed by atoms with van der Waals surface area (Å²) in [7, 11) is 0. The molecule has 6 nitrogen and oxygen atoms in total. The molecular weight excluding hydrogens is 351 g/mol. The van der Waals surface area contributed by atoms with Crippen molar-refractivity contribution < 1.29 is 18.0 Å². The van der Waals surface area contributed by atoms with Gasteiger partial charge in [-0.1, -0.05) is 23.1 Å². The van der Waals surface area contributed by atoms with Crippen molar-refractivity contribution in [1.82, 2.24) is 20.2 Å². The maximum absolute atomic E-state index is 12.4. The van der Waals surface area contributed by atoms with E-state index in [2.05, 4.69) is 25.5 Å². The molecule has 1 atom stereocenters. The van der Waals surface area contributed by atoms with Crippen molar-refractivity contribution in [3.05, 3.63) is 22.5 Å². The monoisotopic (exact) mass is 363 g/mol. The Labute approximate surface area is 137 Å². The quantitative estimate of drug-likeness (QED) is 0.664. The molecule has 11 heteroatoms. The van der Waals surface area contributed by atoms with Crippen LogP contribution in [0.4, 0.5) is 18.3 Å². The highest BCUT2D eigenvalue weighted by atomic mass is 32.2. The van der Waals surface area contributed by atoms with Crippen molar-refractivity contribution in [2.45, 2.75) is 37.4 Å². The number of hydrogen-bond acceptors (Lipinski definition) is 7. The molecule has 0 aromatic carbocycles. The fraction of sp³-hybridized carbons (Fsp3) is 0.417. The minimum absolute atomic E-state index is 0.198. The first-order valence-electron chi connectivity index (χ1n) is 6.35. The number of alkyl halides is 3. The van der Waals surface area contributed by atoms with Crippen LogP contribution in [0.1, 0.15) is 23.3 Å². The first kappa shape index (κ1) is 17.6. The topological polar surface area (TPSA) is 80.7 Å². The van der Waals surface area contributed by atoms with E-state index in [9.17, 15) is 18.0 Å². The van der Waals surface area contributed by atoms with Crippen LogP contribution in [-0.2, 0) is 11.0 Å². The highest BCUT2D eigenvalue weighted by Gasteiger charge is 2.36. The summed E-state index contributed by atoms with van der Waals surface area (Å²) in [6, 6.07) is 1.80. The fourth-order valence-electron chi connectivity index (χ4n) is 1.55. The molecule has 0 aliphatic carbocycles. The number of aromatic nitrogens is 4. The minimum atomic E-state index is -4.58. The molecule has 0 spiro atoms. The summed E-state index contributed by atoms with van der Waals surface area (Å²) in [5.74, 6) is -0.498. The van der Waals surface area contributed by atoms with Gasteiger partial charge in [0.2, 0.25) is 16.0 Å². The first-order valence-corrected chi connectivity index (χ1v) is 8.05. The molecule has 0 aliphatic rings. The van der Waals surface area contributed by atoms with Gasteiger partial charge in [0.1, 0.15) is 0 Å². The predicted molar refractivity (Wildman–Crippen MR) is 80.4 cm³/mol. The molecule has 0 saturated heterocycles. The van der Waals surface area contributed by atoms with Crippen LogP contribution in [0, 0.1) is 13.8 Å². The number of nitrogens with one attached hydrogen (secondary N) is 1. The molecular formula is C12H12F3N5OS2. The number of carbonyl (C=O) groups is 1. The maximum atomic E-state index is 12.4. The van der Waals surface area contributed by atoms with Crippen molar-refractivity contribution in [3.8, 4) is 0 Å². The molecule has 1 amide bonds. The zero-order valence-corrected chi connectivity index (χ0v) is 13.9. The van der Waals surface area contributed by atoms with Gasteiger partial charge >= 0.3 is 6.18 Å². The van der Waals surface area contributed by atoms with Crippen molar-refractivity contribution in [2.24, 2.45) is 0 Å². The number of aryl methyl sites for hydroxylation is 2. The van der Waals surface area contributed by atoms with E-state index in [1.165, 1.54) is 0 Å². The second-order valence-electron chi connectivity index (χ2n) is 4.59. The SMILES string of the molecule is Cc1cc(C)nc(S[C@H](C)C(=O)Nc2nnc(C(F)(F)F)s2)n1. The molecule has 0 bridgehead atoms. The van der Waals surface area contributed by atoms with Crippen LogP contribution in [0.3, 0.4) is 0 Å². The average Bonchev–Trinajstić information content (AvgIpc) is 2.85. The van der Waals surface area contributed by atoms with Gasteiger partial charge in [-0.15, -0.1) is 10.2 Å². The molecule has 124 valence electrons. The number of amides is 1. The molecule has 0 fully saturated rings. The standard InChI is InChI=1S/C12H12F3N5OS2/c1-5-4-6(2)17-10(16-5)22-7(3)8(21)18-11-20-19-9(23-11)12(13,14)15/h4,7H,1-3H3,(H,18,20,21)/t7-/m1/s1. The van der Waals surface area contributed by atoms with E-state index in [0.717, 1.165) is 23.1 Å². The van der Waals surface area contributed by atoms with E-state index < -0.39 is 22.3 Å². The van der Waals surface area contributed by atoms with Gasteiger partial charge in [-0.3, -0.25) is 10.1 Å². The minimum Gasteiger partial charge on any atom is -0.300 e. The third kappa shape index (κ3) is 4.86. The van der Waals surface area contributed by atoms with E-state index in [4.69, 9.17) is 0 Å². The number of nitrogens with zero attached hydrogens (tertiary/aromatic N) is 4. The van der Waals surface area contributed by atoms with Gasteiger partial charge in [-0.2, -0.15) is 13.2 Å². The molecule has 2 heterocycles. The summed E-state index contributed by atoms with van der Waals surface area (Å²) in [4.78, 5) is 20.4. The number of thioether (sulfide) groups is 1. The lowest BCUT2D eigenvalue weighted by molar-refractivity contribution is -0.138. The molecule has 0 unspecified atom stereocenters. The Bertz CT molecular complexity index is 699. The van der Waals surface area contributed by atoms with Crippen molar-refractivity contribution in [3.63, 3.8) is 0 Å². The Hall–Kier alpha value is -1.75. The Morgan fingerprint density at radius 1 is 1.26 bits per heavy atom. The van der Waals surface area contributed by atoms with Gasteiger partial charge in [0.05, 0.1) is 5.25 Å². The van der Waals surface area contributed by atoms with Crippen LogP contribution in [0.5, 0.6) is 0 Å². The molecule has 2 aromatic rings. The maximum Gasteiger partial charge on any atom is 0.445 e. The first-order chi connectivity index (χ1) is 10.6. The largest absolute Gasteiger partial charge is 0.445 e. The average molecular weight is 363 g/mol. The normalized spacial score (nSPS) is 13.0. The molecule has 23 heavy (non-hydrogen) atoms. The number of halogens is 3. The van der Waals surface area contributed by atoms with Gasteiger partial charge < -0.3 is 0 Å². The molecule has 2 rings (SSSR count). The summed E-state index contributed by atoms with van der Waals surface area (Å²) in [5, 5.41) is 7.16. The van der Waals surface area contributed by atoms with Gasteiger partial charge in [-0.25, -0.2) is 9.97 Å². The summed E-state index contributed by atoms with van der Waals surface area (Å²) in [6.45, 7) is 5.22. The van der Waals surface area contributed by atoms with Crippen molar-refractivity contribution in [2.75, 3.05) is 5.32 Å². The second-order valence-corrected chi connectivity index (χ2v) is 6.88. The molecule has 0 aliphatic heterocycles. The smallest absolute Gasteiger partial charge is 0.300 e. The van der Waals surface area contributed by atoms with Crippen LogP contribution in [0.25, 0.3) is 0 Å². The van der Waals surface area contributed by atoms with Crippen LogP contribution in [0.2, 0.25) is 0 Å². The lowest BCUT2D eigenvalue weighted by atomic mass is 10.4. The van der Waals surface area contributed by atoms with E-state index in [0.29, 0.717) is 5.16 Å². The number of anilines is 1. The third-order valence-electron chi connectivity index (χ3n) is 2.51. The molecule has 1 N–H and O–H groups in total. The number of carbonyl (C=O) groups excluding carboxylic acids is 1. The summed E-state index contributed by atoms with van der Waals surface area (Å²) >= 11 is 1.39. The third-order valence-corrected chi connectivity index (χ3v) is 4.36. The van der Waals surface area contributed by atoms with Gasteiger partial charge in [-0.05, 0) is 26.8 Å². The van der Waals surface area contributed by atoms with E-state index in [-0.39, 0.29) is 16.5 Å². The Kier molecular flexibility index (Phi) is 5.19. The highest BCUT2D eigenvalue weighted by Crippen LogP contribution is 2.33. The summed E-state index contributed by atoms with van der Waals surface area (Å²) in [6.07, 6.45) is -4.58. The lowest BCUT2D eigenvalue weighted by Crippen LogP contribution is -2.22. The van der Waals surface area contributed by atoms with Gasteiger partial charge in [0, 0.05) is 11.4 Å². The van der Waals surface area contributed by atoms with Crippen LogP contribution in [-0.4, -0.2) is 31.3 Å². The van der Waals surface area contributed by atoms with Crippen LogP contribution in [0.15, 0.2) is 11.2 Å². The number of rotatable bonds is 4.